The number of hydrogen-bond donors (Lipinski definition) is 0. The molecule has 0 bridgehead atoms. The maximum atomic E-state index is 8.51. The van der Waals surface area contributed by atoms with E-state index in [1.54, 1.807) is 12.3 Å². The van der Waals surface area contributed by atoms with Gasteiger partial charge in [-0.15, -0.1) is 0 Å². The molecule has 0 N–H and O–H groups in total. The summed E-state index contributed by atoms with van der Waals surface area (Å²) in [6.07, 6.45) is 3.25. The van der Waals surface area contributed by atoms with Crippen LogP contribution in [0, 0.1) is 11.3 Å². The van der Waals surface area contributed by atoms with E-state index in [4.69, 9.17) is 16.9 Å². The van der Waals surface area contributed by atoms with Crippen molar-refractivity contribution in [2.75, 3.05) is 7.05 Å². The highest BCUT2D eigenvalue weighted by atomic mass is 35.5. The molecule has 0 radical (unpaired) electrons. The fourth-order valence-electron chi connectivity index (χ4n) is 1.10. The molecule has 1 heterocycles. The van der Waals surface area contributed by atoms with Gasteiger partial charge in [0, 0.05) is 31.6 Å². The van der Waals surface area contributed by atoms with Crippen molar-refractivity contribution in [2.24, 2.45) is 0 Å². The monoisotopic (exact) mass is 221 g/mol. The molecule has 0 aliphatic heterocycles. The van der Waals surface area contributed by atoms with Gasteiger partial charge in [-0.1, -0.05) is 17.7 Å². The zero-order chi connectivity index (χ0) is 11.3. The minimum Gasteiger partial charge on any atom is -0.373 e. The third-order valence-corrected chi connectivity index (χ3v) is 2.31. The van der Waals surface area contributed by atoms with Crippen molar-refractivity contribution >= 4 is 11.6 Å². The van der Waals surface area contributed by atoms with Gasteiger partial charge in [-0.05, 0) is 18.6 Å². The van der Waals surface area contributed by atoms with Crippen LogP contribution in [-0.2, 0) is 6.54 Å². The number of hydrogen-bond acceptors (Lipinski definition) is 3. The highest BCUT2D eigenvalue weighted by Crippen LogP contribution is 2.09. The molecular formula is C11H12ClN3. The molecule has 0 unspecified atom stereocenters. The fraction of sp³-hybridized carbons (Fsp3) is 0.273. The second-order valence-electron chi connectivity index (χ2n) is 3.26. The molecule has 0 atom stereocenters. The van der Waals surface area contributed by atoms with Gasteiger partial charge in [-0.25, -0.2) is 4.98 Å². The summed E-state index contributed by atoms with van der Waals surface area (Å²) in [4.78, 5) is 5.97. The van der Waals surface area contributed by atoms with Gasteiger partial charge >= 0.3 is 0 Å². The van der Waals surface area contributed by atoms with Crippen molar-refractivity contribution in [1.29, 1.82) is 5.26 Å². The Morgan fingerprint density at radius 2 is 2.40 bits per heavy atom. The van der Waals surface area contributed by atoms with Gasteiger partial charge in [0.1, 0.15) is 5.15 Å². The molecular weight excluding hydrogens is 210 g/mol. The van der Waals surface area contributed by atoms with Crippen LogP contribution in [-0.4, -0.2) is 16.9 Å². The quantitative estimate of drug-likeness (QED) is 0.582. The van der Waals surface area contributed by atoms with Crippen molar-refractivity contribution in [3.63, 3.8) is 0 Å². The van der Waals surface area contributed by atoms with Crippen molar-refractivity contribution in [2.45, 2.75) is 13.5 Å². The third kappa shape index (κ3) is 3.61. The van der Waals surface area contributed by atoms with Crippen LogP contribution in [0.3, 0.4) is 0 Å². The molecule has 0 saturated heterocycles. The summed E-state index contributed by atoms with van der Waals surface area (Å²) in [7, 11) is 1.93. The Morgan fingerprint density at radius 3 is 2.93 bits per heavy atom. The first kappa shape index (κ1) is 11.5. The predicted molar refractivity (Wildman–Crippen MR) is 60.1 cm³/mol. The first-order valence-corrected chi connectivity index (χ1v) is 4.89. The number of rotatable bonds is 3. The first-order valence-electron chi connectivity index (χ1n) is 4.51. The summed E-state index contributed by atoms with van der Waals surface area (Å²) in [5.74, 6) is 0. The van der Waals surface area contributed by atoms with Crippen molar-refractivity contribution in [1.82, 2.24) is 9.88 Å². The second kappa shape index (κ2) is 5.38. The second-order valence-corrected chi connectivity index (χ2v) is 3.65. The number of nitriles is 1. The summed E-state index contributed by atoms with van der Waals surface area (Å²) < 4.78 is 0. The van der Waals surface area contributed by atoms with E-state index in [-0.39, 0.29) is 0 Å². The molecule has 1 aromatic rings. The number of aromatic nitrogens is 1. The molecule has 15 heavy (non-hydrogen) atoms. The van der Waals surface area contributed by atoms with E-state index in [9.17, 15) is 0 Å². The summed E-state index contributed by atoms with van der Waals surface area (Å²) in [6.45, 7) is 2.61. The Kier molecular flexibility index (Phi) is 4.14. The van der Waals surface area contributed by atoms with Gasteiger partial charge in [0.25, 0.3) is 0 Å². The number of allylic oxidation sites excluding steroid dienone is 2. The van der Waals surface area contributed by atoms with E-state index in [2.05, 4.69) is 4.98 Å². The van der Waals surface area contributed by atoms with Gasteiger partial charge in [0.2, 0.25) is 0 Å². The van der Waals surface area contributed by atoms with E-state index in [1.807, 2.05) is 31.0 Å². The molecule has 1 aromatic heterocycles. The molecule has 0 aliphatic carbocycles. The molecule has 78 valence electrons. The Bertz CT molecular complexity index is 389. The Morgan fingerprint density at radius 1 is 1.67 bits per heavy atom. The highest BCUT2D eigenvalue weighted by Gasteiger charge is 2.01. The SMILES string of the molecule is C/C(=C\C#N)N(C)Cc1ccc(Cl)nc1. The molecule has 3 nitrogen and oxygen atoms in total. The zero-order valence-corrected chi connectivity index (χ0v) is 9.49. The number of pyridine rings is 1. The molecule has 0 saturated carbocycles. The summed E-state index contributed by atoms with van der Waals surface area (Å²) >= 11 is 5.68. The van der Waals surface area contributed by atoms with Crippen LogP contribution < -0.4 is 0 Å². The Labute approximate surface area is 94.6 Å². The van der Waals surface area contributed by atoms with Crippen LogP contribution in [0.4, 0.5) is 0 Å². The summed E-state index contributed by atoms with van der Waals surface area (Å²) in [5, 5.41) is 9.00. The van der Waals surface area contributed by atoms with Crippen molar-refractivity contribution < 1.29 is 0 Å². The zero-order valence-electron chi connectivity index (χ0n) is 8.74. The summed E-state index contributed by atoms with van der Waals surface area (Å²) in [5.41, 5.74) is 1.99. The largest absolute Gasteiger partial charge is 0.373 e. The lowest BCUT2D eigenvalue weighted by molar-refractivity contribution is 0.412. The summed E-state index contributed by atoms with van der Waals surface area (Å²) in [6, 6.07) is 5.68. The van der Waals surface area contributed by atoms with Crippen LogP contribution >= 0.6 is 11.6 Å². The lowest BCUT2D eigenvalue weighted by Gasteiger charge is -2.18. The molecule has 1 rings (SSSR count). The number of nitrogens with zero attached hydrogens (tertiary/aromatic N) is 3. The van der Waals surface area contributed by atoms with Crippen molar-refractivity contribution in [3.05, 3.63) is 40.8 Å². The standard InChI is InChI=1S/C11H12ClN3/c1-9(5-6-13)15(2)8-10-3-4-11(12)14-7-10/h3-5,7H,8H2,1-2H3/b9-5+. The highest BCUT2D eigenvalue weighted by molar-refractivity contribution is 6.29. The van der Waals surface area contributed by atoms with Crippen LogP contribution in [0.25, 0.3) is 0 Å². The van der Waals surface area contributed by atoms with Crippen molar-refractivity contribution in [3.8, 4) is 6.07 Å². The van der Waals surface area contributed by atoms with E-state index in [0.29, 0.717) is 11.7 Å². The van der Waals surface area contributed by atoms with Crippen LogP contribution in [0.5, 0.6) is 0 Å². The van der Waals surface area contributed by atoms with Gasteiger partial charge < -0.3 is 4.90 Å². The normalized spacial score (nSPS) is 10.9. The Hall–Kier alpha value is -1.53. The van der Waals surface area contributed by atoms with E-state index < -0.39 is 0 Å². The molecule has 0 amide bonds. The average molecular weight is 222 g/mol. The lowest BCUT2D eigenvalue weighted by atomic mass is 10.2. The van der Waals surface area contributed by atoms with E-state index in [1.165, 1.54) is 6.08 Å². The maximum Gasteiger partial charge on any atom is 0.129 e. The number of halogens is 1. The average Bonchev–Trinajstić information content (AvgIpc) is 2.22. The fourth-order valence-corrected chi connectivity index (χ4v) is 1.21. The minimum atomic E-state index is 0.491. The van der Waals surface area contributed by atoms with Crippen LogP contribution in [0.15, 0.2) is 30.1 Å². The van der Waals surface area contributed by atoms with Gasteiger partial charge in [0.05, 0.1) is 6.07 Å². The van der Waals surface area contributed by atoms with Gasteiger partial charge in [-0.2, -0.15) is 5.26 Å². The Balaban J connectivity index is 2.67. The van der Waals surface area contributed by atoms with Gasteiger partial charge in [-0.3, -0.25) is 0 Å². The van der Waals surface area contributed by atoms with Crippen LogP contribution in [0.2, 0.25) is 5.15 Å². The van der Waals surface area contributed by atoms with Gasteiger partial charge in [0.15, 0.2) is 0 Å². The molecule has 0 spiro atoms. The molecule has 4 heteroatoms. The first-order chi connectivity index (χ1) is 7.13. The smallest absolute Gasteiger partial charge is 0.129 e. The van der Waals surface area contributed by atoms with E-state index >= 15 is 0 Å². The molecule has 0 fully saturated rings. The third-order valence-electron chi connectivity index (χ3n) is 2.08. The minimum absolute atomic E-state index is 0.491. The molecule has 0 aromatic carbocycles. The lowest BCUT2D eigenvalue weighted by Crippen LogP contribution is -2.15. The van der Waals surface area contributed by atoms with Crippen LogP contribution in [0.1, 0.15) is 12.5 Å². The topological polar surface area (TPSA) is 39.9 Å². The predicted octanol–water partition coefficient (Wildman–Crippen LogP) is 2.59. The molecule has 0 aliphatic rings. The maximum absolute atomic E-state index is 8.51. The van der Waals surface area contributed by atoms with E-state index in [0.717, 1.165) is 11.3 Å².